The first kappa shape index (κ1) is 14.7. The van der Waals surface area contributed by atoms with E-state index in [9.17, 15) is 4.39 Å². The van der Waals surface area contributed by atoms with Gasteiger partial charge in [-0.15, -0.1) is 0 Å². The van der Waals surface area contributed by atoms with Crippen LogP contribution in [-0.4, -0.2) is 24.5 Å². The molecule has 0 aliphatic heterocycles. The Morgan fingerprint density at radius 3 is 2.39 bits per heavy atom. The third-order valence-corrected chi connectivity index (χ3v) is 2.79. The van der Waals surface area contributed by atoms with E-state index in [4.69, 9.17) is 0 Å². The monoisotopic (exact) mass is 247 g/mol. The topological polar surface area (TPSA) is 3.24 Å². The van der Waals surface area contributed by atoms with E-state index in [0.717, 1.165) is 43.6 Å². The Balaban J connectivity index is 2.63. The summed E-state index contributed by atoms with van der Waals surface area (Å²) in [7, 11) is 0. The first-order valence-electron chi connectivity index (χ1n) is 6.64. The normalized spacial score (nSPS) is 10.3. The number of nitrogens with zero attached hydrogens (tertiary/aromatic N) is 1. The van der Waals surface area contributed by atoms with Gasteiger partial charge in [-0.1, -0.05) is 25.7 Å². The zero-order valence-corrected chi connectivity index (χ0v) is 11.6. The van der Waals surface area contributed by atoms with Crippen LogP contribution in [0.15, 0.2) is 18.2 Å². The molecule has 0 saturated carbocycles. The van der Waals surface area contributed by atoms with Gasteiger partial charge in [0.15, 0.2) is 0 Å². The quantitative estimate of drug-likeness (QED) is 0.718. The fraction of sp³-hybridized carbons (Fsp3) is 0.500. The Hall–Kier alpha value is -1.33. The summed E-state index contributed by atoms with van der Waals surface area (Å²) in [5.41, 5.74) is 1.82. The molecule has 0 heterocycles. The highest BCUT2D eigenvalue weighted by Gasteiger charge is 1.99. The molecule has 0 unspecified atom stereocenters. The number of halogens is 1. The largest absolute Gasteiger partial charge is 0.292 e. The van der Waals surface area contributed by atoms with Gasteiger partial charge in [-0.3, -0.25) is 4.90 Å². The molecule has 1 aromatic carbocycles. The molecular formula is C16H22FN. The van der Waals surface area contributed by atoms with Crippen molar-refractivity contribution in [2.24, 2.45) is 0 Å². The van der Waals surface area contributed by atoms with E-state index < -0.39 is 0 Å². The van der Waals surface area contributed by atoms with E-state index in [0.29, 0.717) is 0 Å². The lowest BCUT2D eigenvalue weighted by Crippen LogP contribution is -2.25. The van der Waals surface area contributed by atoms with Crippen LogP contribution in [0.2, 0.25) is 0 Å². The molecule has 0 aromatic heterocycles. The zero-order chi connectivity index (χ0) is 13.4. The van der Waals surface area contributed by atoms with Gasteiger partial charge in [-0.25, -0.2) is 4.39 Å². The van der Waals surface area contributed by atoms with Crippen molar-refractivity contribution < 1.29 is 4.39 Å². The third-order valence-electron chi connectivity index (χ3n) is 2.79. The number of hydrogen-bond donors (Lipinski definition) is 0. The lowest BCUT2D eigenvalue weighted by molar-refractivity contribution is 0.308. The Labute approximate surface area is 110 Å². The van der Waals surface area contributed by atoms with Gasteiger partial charge < -0.3 is 0 Å². The summed E-state index contributed by atoms with van der Waals surface area (Å²) < 4.78 is 12.9. The number of hydrogen-bond acceptors (Lipinski definition) is 1. The Kier molecular flexibility index (Phi) is 6.46. The number of benzene rings is 1. The standard InChI is InChI=1S/C16H22FN/c1-4-10-18(11-5-2)12-6-7-15-8-9-16(17)13-14(15)3/h8-9,13H,4-5,10-12H2,1-3H3. The van der Waals surface area contributed by atoms with Gasteiger partial charge in [-0.2, -0.15) is 0 Å². The summed E-state index contributed by atoms with van der Waals surface area (Å²) in [6.07, 6.45) is 2.30. The SMILES string of the molecule is CCCN(CC#Cc1ccc(F)cc1C)CCC. The van der Waals surface area contributed by atoms with Crippen LogP contribution in [0.4, 0.5) is 4.39 Å². The van der Waals surface area contributed by atoms with Gasteiger partial charge >= 0.3 is 0 Å². The molecule has 2 heteroatoms. The third kappa shape index (κ3) is 4.89. The molecule has 98 valence electrons. The second kappa shape index (κ2) is 7.89. The molecule has 0 fully saturated rings. The van der Waals surface area contributed by atoms with Crippen molar-refractivity contribution in [1.82, 2.24) is 4.90 Å². The fourth-order valence-electron chi connectivity index (χ4n) is 1.92. The van der Waals surface area contributed by atoms with Gasteiger partial charge in [0.25, 0.3) is 0 Å². The Morgan fingerprint density at radius 2 is 1.83 bits per heavy atom. The highest BCUT2D eigenvalue weighted by molar-refractivity contribution is 5.40. The molecular weight excluding hydrogens is 225 g/mol. The minimum absolute atomic E-state index is 0.198. The zero-order valence-electron chi connectivity index (χ0n) is 11.6. The van der Waals surface area contributed by atoms with Crippen molar-refractivity contribution in [1.29, 1.82) is 0 Å². The van der Waals surface area contributed by atoms with Gasteiger partial charge in [0.2, 0.25) is 0 Å². The van der Waals surface area contributed by atoms with Crippen molar-refractivity contribution in [3.05, 3.63) is 35.1 Å². The van der Waals surface area contributed by atoms with Gasteiger partial charge in [0.05, 0.1) is 6.54 Å². The van der Waals surface area contributed by atoms with E-state index >= 15 is 0 Å². The highest BCUT2D eigenvalue weighted by atomic mass is 19.1. The molecule has 0 atom stereocenters. The van der Waals surface area contributed by atoms with Crippen LogP contribution >= 0.6 is 0 Å². The second-order valence-corrected chi connectivity index (χ2v) is 4.54. The van der Waals surface area contributed by atoms with Crippen molar-refractivity contribution in [2.45, 2.75) is 33.6 Å². The van der Waals surface area contributed by atoms with Crippen LogP contribution < -0.4 is 0 Å². The van der Waals surface area contributed by atoms with Crippen molar-refractivity contribution in [3.8, 4) is 11.8 Å². The minimum Gasteiger partial charge on any atom is -0.292 e. The molecule has 18 heavy (non-hydrogen) atoms. The predicted octanol–water partition coefficient (Wildman–Crippen LogP) is 3.61. The lowest BCUT2D eigenvalue weighted by atomic mass is 10.1. The summed E-state index contributed by atoms with van der Waals surface area (Å²) in [4.78, 5) is 2.35. The summed E-state index contributed by atoms with van der Waals surface area (Å²) in [5, 5.41) is 0. The van der Waals surface area contributed by atoms with Crippen LogP contribution in [0.1, 0.15) is 37.8 Å². The second-order valence-electron chi connectivity index (χ2n) is 4.54. The first-order chi connectivity index (χ1) is 8.67. The fourth-order valence-corrected chi connectivity index (χ4v) is 1.92. The Bertz CT molecular complexity index is 422. The molecule has 0 aliphatic carbocycles. The lowest BCUT2D eigenvalue weighted by Gasteiger charge is -2.17. The molecule has 0 amide bonds. The predicted molar refractivity (Wildman–Crippen MR) is 75.0 cm³/mol. The Morgan fingerprint density at radius 1 is 1.17 bits per heavy atom. The minimum atomic E-state index is -0.198. The summed E-state index contributed by atoms with van der Waals surface area (Å²) in [5.74, 6) is 6.12. The van der Waals surface area contributed by atoms with E-state index in [1.807, 2.05) is 6.92 Å². The molecule has 1 nitrogen and oxygen atoms in total. The molecule has 0 saturated heterocycles. The van der Waals surface area contributed by atoms with Crippen LogP contribution in [0.25, 0.3) is 0 Å². The van der Waals surface area contributed by atoms with E-state index in [1.54, 1.807) is 6.07 Å². The molecule has 0 bridgehead atoms. The van der Waals surface area contributed by atoms with E-state index in [1.165, 1.54) is 12.1 Å². The maximum Gasteiger partial charge on any atom is 0.123 e. The number of aryl methyl sites for hydroxylation is 1. The van der Waals surface area contributed by atoms with Gasteiger partial charge in [0, 0.05) is 5.56 Å². The van der Waals surface area contributed by atoms with Gasteiger partial charge in [0.1, 0.15) is 5.82 Å². The highest BCUT2D eigenvalue weighted by Crippen LogP contribution is 2.08. The molecule has 0 aliphatic rings. The van der Waals surface area contributed by atoms with Crippen LogP contribution in [0, 0.1) is 24.6 Å². The van der Waals surface area contributed by atoms with Crippen LogP contribution in [0.3, 0.4) is 0 Å². The molecule has 1 rings (SSSR count). The molecule has 1 aromatic rings. The summed E-state index contributed by atoms with van der Waals surface area (Å²) in [6.45, 7) is 9.22. The van der Waals surface area contributed by atoms with Crippen LogP contribution in [0.5, 0.6) is 0 Å². The smallest absolute Gasteiger partial charge is 0.123 e. The van der Waals surface area contributed by atoms with Crippen molar-refractivity contribution in [2.75, 3.05) is 19.6 Å². The molecule has 0 spiro atoms. The maximum atomic E-state index is 12.9. The van der Waals surface area contributed by atoms with E-state index in [-0.39, 0.29) is 5.82 Å². The van der Waals surface area contributed by atoms with Gasteiger partial charge in [-0.05, 0) is 56.6 Å². The first-order valence-corrected chi connectivity index (χ1v) is 6.64. The summed E-state index contributed by atoms with van der Waals surface area (Å²) >= 11 is 0. The van der Waals surface area contributed by atoms with Crippen molar-refractivity contribution in [3.63, 3.8) is 0 Å². The average molecular weight is 247 g/mol. The van der Waals surface area contributed by atoms with Crippen molar-refractivity contribution >= 4 is 0 Å². The van der Waals surface area contributed by atoms with Crippen LogP contribution in [-0.2, 0) is 0 Å². The molecule has 0 radical (unpaired) electrons. The number of rotatable bonds is 5. The van der Waals surface area contributed by atoms with E-state index in [2.05, 4.69) is 30.6 Å². The molecule has 0 N–H and O–H groups in total. The maximum absolute atomic E-state index is 12.9. The summed E-state index contributed by atoms with van der Waals surface area (Å²) in [6, 6.07) is 4.74. The average Bonchev–Trinajstić information content (AvgIpc) is 2.32.